The molecular formula is C16H26N4O. The second-order valence-corrected chi connectivity index (χ2v) is 5.50. The lowest BCUT2D eigenvalue weighted by Crippen LogP contribution is -2.50. The molecule has 1 aliphatic rings. The monoisotopic (exact) mass is 290 g/mol. The van der Waals surface area contributed by atoms with Gasteiger partial charge in [-0.05, 0) is 51.8 Å². The van der Waals surface area contributed by atoms with Gasteiger partial charge in [0, 0.05) is 13.1 Å². The number of carbonyl (C=O) groups is 1. The molecule has 1 amide bonds. The van der Waals surface area contributed by atoms with Gasteiger partial charge >= 0.3 is 0 Å². The quantitative estimate of drug-likeness (QED) is 0.844. The maximum Gasteiger partial charge on any atom is 0.244 e. The molecule has 0 saturated carbocycles. The van der Waals surface area contributed by atoms with E-state index in [-0.39, 0.29) is 5.91 Å². The molecule has 0 aromatic carbocycles. The van der Waals surface area contributed by atoms with Crippen molar-refractivity contribution in [2.75, 3.05) is 29.9 Å². The summed E-state index contributed by atoms with van der Waals surface area (Å²) in [5.74, 6) is 1.00. The van der Waals surface area contributed by atoms with Gasteiger partial charge in [0.1, 0.15) is 5.82 Å². The Hall–Kier alpha value is -1.62. The zero-order valence-corrected chi connectivity index (χ0v) is 13.3. The van der Waals surface area contributed by atoms with Crippen LogP contribution >= 0.6 is 0 Å². The number of rotatable bonds is 6. The van der Waals surface area contributed by atoms with E-state index in [0.29, 0.717) is 0 Å². The highest BCUT2D eigenvalue weighted by Crippen LogP contribution is 2.25. The summed E-state index contributed by atoms with van der Waals surface area (Å²) in [7, 11) is 0. The fourth-order valence-electron chi connectivity index (χ4n) is 2.91. The lowest BCUT2D eigenvalue weighted by molar-refractivity contribution is -0.122. The minimum Gasteiger partial charge on any atom is -0.357 e. The van der Waals surface area contributed by atoms with E-state index in [0.717, 1.165) is 50.4 Å². The van der Waals surface area contributed by atoms with Crippen LogP contribution in [0.2, 0.25) is 0 Å². The Morgan fingerprint density at radius 1 is 1.38 bits per heavy atom. The van der Waals surface area contributed by atoms with Crippen LogP contribution in [0.15, 0.2) is 18.3 Å². The minimum absolute atomic E-state index is 0.0555. The van der Waals surface area contributed by atoms with Crippen LogP contribution in [0.4, 0.5) is 11.5 Å². The summed E-state index contributed by atoms with van der Waals surface area (Å²) >= 11 is 0. The van der Waals surface area contributed by atoms with Crippen molar-refractivity contribution in [3.05, 3.63) is 18.3 Å². The number of anilines is 2. The molecule has 0 radical (unpaired) electrons. The van der Waals surface area contributed by atoms with Crippen molar-refractivity contribution in [2.45, 2.75) is 45.6 Å². The van der Waals surface area contributed by atoms with Crippen LogP contribution in [0.1, 0.15) is 40.0 Å². The fraction of sp³-hybridized carbons (Fsp3) is 0.625. The van der Waals surface area contributed by atoms with Crippen LogP contribution in [-0.4, -0.2) is 36.1 Å². The first-order valence-corrected chi connectivity index (χ1v) is 7.92. The van der Waals surface area contributed by atoms with Crippen molar-refractivity contribution in [2.24, 2.45) is 0 Å². The van der Waals surface area contributed by atoms with Crippen LogP contribution < -0.4 is 15.5 Å². The largest absolute Gasteiger partial charge is 0.357 e. The zero-order valence-electron chi connectivity index (χ0n) is 13.3. The molecule has 1 aromatic heterocycles. The molecule has 21 heavy (non-hydrogen) atoms. The predicted molar refractivity (Wildman–Crippen MR) is 86.7 cm³/mol. The molecule has 1 aliphatic heterocycles. The smallest absolute Gasteiger partial charge is 0.244 e. The van der Waals surface area contributed by atoms with Gasteiger partial charge in [0.05, 0.1) is 17.4 Å². The van der Waals surface area contributed by atoms with Gasteiger partial charge in [-0.3, -0.25) is 4.79 Å². The van der Waals surface area contributed by atoms with Crippen LogP contribution in [0.25, 0.3) is 0 Å². The normalized spacial score (nSPS) is 21.3. The minimum atomic E-state index is -0.405. The maximum atomic E-state index is 12.5. The molecule has 5 heteroatoms. The Morgan fingerprint density at radius 3 is 2.62 bits per heavy atom. The Bertz CT molecular complexity index is 462. The highest BCUT2D eigenvalue weighted by Gasteiger charge is 2.39. The molecule has 2 heterocycles. The van der Waals surface area contributed by atoms with E-state index in [2.05, 4.69) is 41.3 Å². The molecule has 0 aliphatic carbocycles. The Balaban J connectivity index is 2.04. The molecular weight excluding hydrogens is 264 g/mol. The molecule has 1 atom stereocenters. The SMILES string of the molecule is CCN(CC)c1ccc(NC(=O)C2(CC)CCCN2)cn1. The molecule has 116 valence electrons. The maximum absolute atomic E-state index is 12.5. The number of hydrogen-bond acceptors (Lipinski definition) is 4. The molecule has 1 fully saturated rings. The lowest BCUT2D eigenvalue weighted by Gasteiger charge is -2.26. The average molecular weight is 290 g/mol. The van der Waals surface area contributed by atoms with Gasteiger partial charge in [-0.2, -0.15) is 0 Å². The number of nitrogens with one attached hydrogen (secondary N) is 2. The van der Waals surface area contributed by atoms with E-state index in [1.165, 1.54) is 0 Å². The summed E-state index contributed by atoms with van der Waals surface area (Å²) in [5, 5.41) is 6.34. The molecule has 1 saturated heterocycles. The van der Waals surface area contributed by atoms with Crippen molar-refractivity contribution in [1.29, 1.82) is 0 Å². The summed E-state index contributed by atoms with van der Waals surface area (Å²) < 4.78 is 0. The molecule has 0 spiro atoms. The highest BCUT2D eigenvalue weighted by molar-refractivity contribution is 5.98. The molecule has 1 unspecified atom stereocenters. The Kier molecular flexibility index (Phi) is 5.17. The summed E-state index contributed by atoms with van der Waals surface area (Å²) in [6.07, 6.45) is 4.51. The summed E-state index contributed by atoms with van der Waals surface area (Å²) in [4.78, 5) is 19.1. The van der Waals surface area contributed by atoms with E-state index in [1.807, 2.05) is 12.1 Å². The van der Waals surface area contributed by atoms with E-state index in [4.69, 9.17) is 0 Å². The summed E-state index contributed by atoms with van der Waals surface area (Å²) in [6, 6.07) is 3.89. The number of hydrogen-bond donors (Lipinski definition) is 2. The van der Waals surface area contributed by atoms with Crippen molar-refractivity contribution < 1.29 is 4.79 Å². The number of amides is 1. The second kappa shape index (κ2) is 6.89. The van der Waals surface area contributed by atoms with Crippen molar-refractivity contribution in [3.8, 4) is 0 Å². The molecule has 2 rings (SSSR count). The van der Waals surface area contributed by atoms with Gasteiger partial charge in [-0.25, -0.2) is 4.98 Å². The van der Waals surface area contributed by atoms with E-state index in [9.17, 15) is 4.79 Å². The zero-order chi connectivity index (χ0) is 15.3. The summed E-state index contributed by atoms with van der Waals surface area (Å²) in [5.41, 5.74) is 0.356. The standard InChI is InChI=1S/C16H26N4O/c1-4-16(10-7-11-18-16)15(21)19-13-8-9-14(17-12-13)20(5-2)6-3/h8-9,12,18H,4-7,10-11H2,1-3H3,(H,19,21). The number of carbonyl (C=O) groups excluding carboxylic acids is 1. The Labute approximate surface area is 127 Å². The van der Waals surface area contributed by atoms with Crippen molar-refractivity contribution >= 4 is 17.4 Å². The van der Waals surface area contributed by atoms with Crippen molar-refractivity contribution in [1.82, 2.24) is 10.3 Å². The lowest BCUT2D eigenvalue weighted by atomic mass is 9.93. The molecule has 2 N–H and O–H groups in total. The number of aromatic nitrogens is 1. The van der Waals surface area contributed by atoms with Crippen molar-refractivity contribution in [3.63, 3.8) is 0 Å². The van der Waals surface area contributed by atoms with Gasteiger partial charge in [-0.15, -0.1) is 0 Å². The molecule has 1 aromatic rings. The third-order valence-corrected chi connectivity index (χ3v) is 4.38. The third-order valence-electron chi connectivity index (χ3n) is 4.38. The van der Waals surface area contributed by atoms with Crippen LogP contribution in [0, 0.1) is 0 Å². The van der Waals surface area contributed by atoms with Gasteiger partial charge in [0.15, 0.2) is 0 Å². The second-order valence-electron chi connectivity index (χ2n) is 5.50. The van der Waals surface area contributed by atoms with Gasteiger partial charge in [0.25, 0.3) is 0 Å². The predicted octanol–water partition coefficient (Wildman–Crippen LogP) is 2.40. The Morgan fingerprint density at radius 2 is 2.14 bits per heavy atom. The highest BCUT2D eigenvalue weighted by atomic mass is 16.2. The summed E-state index contributed by atoms with van der Waals surface area (Å²) in [6.45, 7) is 9.05. The van der Waals surface area contributed by atoms with Gasteiger partial charge < -0.3 is 15.5 Å². The van der Waals surface area contributed by atoms with E-state index >= 15 is 0 Å². The van der Waals surface area contributed by atoms with E-state index in [1.54, 1.807) is 6.20 Å². The van der Waals surface area contributed by atoms with Crippen LogP contribution in [0.5, 0.6) is 0 Å². The molecule has 0 bridgehead atoms. The van der Waals surface area contributed by atoms with Crippen LogP contribution in [0.3, 0.4) is 0 Å². The number of pyridine rings is 1. The first-order chi connectivity index (χ1) is 10.1. The topological polar surface area (TPSA) is 57.3 Å². The average Bonchev–Trinajstić information content (AvgIpc) is 3.00. The first kappa shape index (κ1) is 15.8. The van der Waals surface area contributed by atoms with E-state index < -0.39 is 5.54 Å². The molecule has 5 nitrogen and oxygen atoms in total. The first-order valence-electron chi connectivity index (χ1n) is 7.92. The van der Waals surface area contributed by atoms with Gasteiger partial charge in [0.2, 0.25) is 5.91 Å². The number of nitrogens with zero attached hydrogens (tertiary/aromatic N) is 2. The third kappa shape index (κ3) is 3.35. The fourth-order valence-corrected chi connectivity index (χ4v) is 2.91. The van der Waals surface area contributed by atoms with Crippen LogP contribution in [-0.2, 0) is 4.79 Å². The van der Waals surface area contributed by atoms with Gasteiger partial charge in [-0.1, -0.05) is 6.92 Å².